The quantitative estimate of drug-likeness (QED) is 0.607. The molecule has 0 amide bonds. The number of pyridine rings is 1. The molecule has 0 spiro atoms. The van der Waals surface area contributed by atoms with Gasteiger partial charge in [-0.25, -0.2) is 0 Å². The van der Waals surface area contributed by atoms with E-state index in [1.54, 1.807) is 0 Å². The molecule has 2 heterocycles. The van der Waals surface area contributed by atoms with E-state index in [-0.39, 0.29) is 5.41 Å². The summed E-state index contributed by atoms with van der Waals surface area (Å²) in [6, 6.07) is 14.7. The van der Waals surface area contributed by atoms with Gasteiger partial charge < -0.3 is 4.40 Å². The van der Waals surface area contributed by atoms with Crippen molar-refractivity contribution in [2.75, 3.05) is 0 Å². The summed E-state index contributed by atoms with van der Waals surface area (Å²) in [6.45, 7) is 8.68. The number of aromatic nitrogens is 1. The molecule has 0 saturated heterocycles. The number of benzene rings is 1. The zero-order chi connectivity index (χ0) is 15.9. The Morgan fingerprint density at radius 1 is 1.05 bits per heavy atom. The van der Waals surface area contributed by atoms with Gasteiger partial charge in [-0.3, -0.25) is 4.79 Å². The number of hydrogen-bond acceptors (Lipinski definition) is 1. The molecular weight excluding hydrogens is 270 g/mol. The number of fused-ring (bicyclic) bond motifs is 1. The van der Waals surface area contributed by atoms with Crippen LogP contribution in [0, 0.1) is 6.92 Å². The van der Waals surface area contributed by atoms with Crippen molar-refractivity contribution in [2.45, 2.75) is 33.1 Å². The molecule has 0 saturated carbocycles. The van der Waals surface area contributed by atoms with Gasteiger partial charge in [-0.15, -0.1) is 0 Å². The Morgan fingerprint density at radius 2 is 1.73 bits per heavy atom. The van der Waals surface area contributed by atoms with Crippen molar-refractivity contribution in [1.29, 1.82) is 0 Å². The highest BCUT2D eigenvalue weighted by Crippen LogP contribution is 2.30. The van der Waals surface area contributed by atoms with Gasteiger partial charge in [0.1, 0.15) is 0 Å². The van der Waals surface area contributed by atoms with Crippen molar-refractivity contribution in [3.8, 4) is 11.1 Å². The molecule has 0 fully saturated rings. The molecule has 0 atom stereocenters. The third-order valence-corrected chi connectivity index (χ3v) is 4.24. The minimum atomic E-state index is 0.133. The summed E-state index contributed by atoms with van der Waals surface area (Å²) in [5, 5.41) is 0. The van der Waals surface area contributed by atoms with Crippen molar-refractivity contribution in [1.82, 2.24) is 4.40 Å². The molecule has 112 valence electrons. The van der Waals surface area contributed by atoms with Gasteiger partial charge in [-0.1, -0.05) is 51.1 Å². The highest BCUT2D eigenvalue weighted by atomic mass is 16.1. The normalized spacial score (nSPS) is 11.8. The van der Waals surface area contributed by atoms with E-state index in [1.807, 2.05) is 16.7 Å². The first kappa shape index (κ1) is 14.6. The molecule has 2 nitrogen and oxygen atoms in total. The second kappa shape index (κ2) is 5.13. The van der Waals surface area contributed by atoms with Crippen LogP contribution in [-0.2, 0) is 5.41 Å². The Kier molecular flexibility index (Phi) is 3.40. The van der Waals surface area contributed by atoms with Crippen LogP contribution in [0.4, 0.5) is 0 Å². The second-order valence-electron chi connectivity index (χ2n) is 6.83. The largest absolute Gasteiger partial charge is 0.313 e. The lowest BCUT2D eigenvalue weighted by Gasteiger charge is -2.19. The summed E-state index contributed by atoms with van der Waals surface area (Å²) in [6.07, 6.45) is 2.89. The van der Waals surface area contributed by atoms with Crippen molar-refractivity contribution in [3.05, 3.63) is 65.5 Å². The number of carbonyl (C=O) groups excluding carboxylic acids is 1. The lowest BCUT2D eigenvalue weighted by molar-refractivity contribution is 0.111. The Labute approximate surface area is 131 Å². The third kappa shape index (κ3) is 2.35. The van der Waals surface area contributed by atoms with Crippen LogP contribution in [0.5, 0.6) is 0 Å². The van der Waals surface area contributed by atoms with E-state index in [4.69, 9.17) is 0 Å². The SMILES string of the molecule is Cc1cccn2c(C=O)c(-c3ccc(C(C)(C)C)cc3)cc12. The lowest BCUT2D eigenvalue weighted by atomic mass is 9.86. The zero-order valence-electron chi connectivity index (χ0n) is 13.6. The molecule has 0 unspecified atom stereocenters. The van der Waals surface area contributed by atoms with Crippen molar-refractivity contribution >= 4 is 11.8 Å². The van der Waals surface area contributed by atoms with Crippen molar-refractivity contribution in [3.63, 3.8) is 0 Å². The Balaban J connectivity index is 2.18. The van der Waals surface area contributed by atoms with Crippen LogP contribution >= 0.6 is 0 Å². The monoisotopic (exact) mass is 291 g/mol. The van der Waals surface area contributed by atoms with Gasteiger partial charge in [0, 0.05) is 17.3 Å². The maximum atomic E-state index is 11.6. The summed E-state index contributed by atoms with van der Waals surface area (Å²) in [7, 11) is 0. The summed E-state index contributed by atoms with van der Waals surface area (Å²) < 4.78 is 1.97. The van der Waals surface area contributed by atoms with Crippen LogP contribution in [-0.4, -0.2) is 10.7 Å². The number of carbonyl (C=O) groups is 1. The molecule has 1 aromatic carbocycles. The maximum absolute atomic E-state index is 11.6. The maximum Gasteiger partial charge on any atom is 0.167 e. The first-order chi connectivity index (χ1) is 10.4. The predicted octanol–water partition coefficient (Wildman–Crippen LogP) is 5.02. The van der Waals surface area contributed by atoms with E-state index in [9.17, 15) is 4.79 Å². The first-order valence-electron chi connectivity index (χ1n) is 7.58. The minimum absolute atomic E-state index is 0.133. The highest BCUT2D eigenvalue weighted by molar-refractivity contribution is 5.90. The fourth-order valence-corrected chi connectivity index (χ4v) is 2.86. The van der Waals surface area contributed by atoms with E-state index in [0.717, 1.165) is 22.9 Å². The molecular formula is C20H21NO. The number of rotatable bonds is 2. The molecule has 0 radical (unpaired) electrons. The van der Waals surface area contributed by atoms with Crippen LogP contribution in [0.2, 0.25) is 0 Å². The smallest absolute Gasteiger partial charge is 0.167 e. The molecule has 0 bridgehead atoms. The third-order valence-electron chi connectivity index (χ3n) is 4.24. The van der Waals surface area contributed by atoms with E-state index in [0.29, 0.717) is 5.69 Å². The van der Waals surface area contributed by atoms with Crippen molar-refractivity contribution < 1.29 is 4.79 Å². The first-order valence-corrected chi connectivity index (χ1v) is 7.58. The highest BCUT2D eigenvalue weighted by Gasteiger charge is 2.15. The van der Waals surface area contributed by atoms with Gasteiger partial charge in [-0.05, 0) is 41.2 Å². The molecule has 0 aliphatic heterocycles. The fourth-order valence-electron chi connectivity index (χ4n) is 2.86. The average Bonchev–Trinajstić information content (AvgIpc) is 2.86. The van der Waals surface area contributed by atoms with Crippen LogP contribution in [0.1, 0.15) is 42.4 Å². The molecule has 0 aliphatic carbocycles. The van der Waals surface area contributed by atoms with E-state index < -0.39 is 0 Å². The summed E-state index contributed by atoms with van der Waals surface area (Å²) in [5.74, 6) is 0. The molecule has 3 rings (SSSR count). The molecule has 0 aliphatic rings. The van der Waals surface area contributed by atoms with Crippen LogP contribution < -0.4 is 0 Å². The predicted molar refractivity (Wildman–Crippen MR) is 91.7 cm³/mol. The Morgan fingerprint density at radius 3 is 2.32 bits per heavy atom. The Hall–Kier alpha value is -2.35. The van der Waals surface area contributed by atoms with Crippen LogP contribution in [0.15, 0.2) is 48.7 Å². The van der Waals surface area contributed by atoms with Gasteiger partial charge in [0.15, 0.2) is 6.29 Å². The Bertz CT molecular complexity index is 833. The van der Waals surface area contributed by atoms with Crippen LogP contribution in [0.25, 0.3) is 16.6 Å². The minimum Gasteiger partial charge on any atom is -0.313 e. The standard InChI is InChI=1S/C20H21NO/c1-14-6-5-11-21-18(14)12-17(19(21)13-22)15-7-9-16(10-8-15)20(2,3)4/h5-13H,1-4H3. The van der Waals surface area contributed by atoms with Crippen LogP contribution in [0.3, 0.4) is 0 Å². The second-order valence-corrected chi connectivity index (χ2v) is 6.83. The van der Waals surface area contributed by atoms with Gasteiger partial charge in [0.05, 0.1) is 5.69 Å². The van der Waals surface area contributed by atoms with Gasteiger partial charge in [0.25, 0.3) is 0 Å². The van der Waals surface area contributed by atoms with E-state index >= 15 is 0 Å². The van der Waals surface area contributed by atoms with Gasteiger partial charge in [-0.2, -0.15) is 0 Å². The van der Waals surface area contributed by atoms with Gasteiger partial charge >= 0.3 is 0 Å². The van der Waals surface area contributed by atoms with Crippen molar-refractivity contribution in [2.24, 2.45) is 0 Å². The number of aryl methyl sites for hydroxylation is 1. The summed E-state index contributed by atoms with van der Waals surface area (Å²) in [4.78, 5) is 11.6. The summed E-state index contributed by atoms with van der Waals surface area (Å²) in [5.41, 5.74) is 6.46. The van der Waals surface area contributed by atoms with Gasteiger partial charge in [0.2, 0.25) is 0 Å². The number of hydrogen-bond donors (Lipinski definition) is 0. The molecule has 0 N–H and O–H groups in total. The lowest BCUT2D eigenvalue weighted by Crippen LogP contribution is -2.10. The molecule has 2 heteroatoms. The molecule has 2 aromatic heterocycles. The topological polar surface area (TPSA) is 21.5 Å². The molecule has 3 aromatic rings. The van der Waals surface area contributed by atoms with E-state index in [2.05, 4.69) is 64.1 Å². The number of nitrogens with zero attached hydrogens (tertiary/aromatic N) is 1. The van der Waals surface area contributed by atoms with E-state index in [1.165, 1.54) is 11.1 Å². The average molecular weight is 291 g/mol. The fraction of sp³-hybridized carbons (Fsp3) is 0.250. The summed E-state index contributed by atoms with van der Waals surface area (Å²) >= 11 is 0. The molecule has 22 heavy (non-hydrogen) atoms. The number of aldehydes is 1. The zero-order valence-corrected chi connectivity index (χ0v) is 13.6.